The zero-order chi connectivity index (χ0) is 20.6. The van der Waals surface area contributed by atoms with Crippen LogP contribution in [0.4, 0.5) is 0 Å². The number of carbonyl (C=O) groups excluding carboxylic acids is 1. The van der Waals surface area contributed by atoms with Gasteiger partial charge in [-0.2, -0.15) is 0 Å². The van der Waals surface area contributed by atoms with Crippen molar-refractivity contribution in [1.82, 2.24) is 5.32 Å². The van der Waals surface area contributed by atoms with Gasteiger partial charge in [0.2, 0.25) is 0 Å². The maximum absolute atomic E-state index is 12.3. The molecule has 0 radical (unpaired) electrons. The fourth-order valence-electron chi connectivity index (χ4n) is 3.18. The second kappa shape index (κ2) is 9.82. The normalized spacial score (nSPS) is 11.7. The predicted molar refractivity (Wildman–Crippen MR) is 115 cm³/mol. The average Bonchev–Trinajstić information content (AvgIpc) is 2.76. The van der Waals surface area contributed by atoms with Crippen molar-refractivity contribution in [3.63, 3.8) is 0 Å². The molecule has 152 valence electrons. The third-order valence-corrected chi connectivity index (χ3v) is 4.79. The van der Waals surface area contributed by atoms with Gasteiger partial charge in [0.15, 0.2) is 17.6 Å². The van der Waals surface area contributed by atoms with Gasteiger partial charge in [-0.15, -0.1) is 0 Å². The van der Waals surface area contributed by atoms with E-state index in [1.807, 2.05) is 60.7 Å². The van der Waals surface area contributed by atoms with Crippen molar-refractivity contribution in [3.8, 4) is 17.2 Å². The van der Waals surface area contributed by atoms with Gasteiger partial charge < -0.3 is 19.5 Å². The second-order valence-corrected chi connectivity index (χ2v) is 6.85. The van der Waals surface area contributed by atoms with Crippen molar-refractivity contribution in [2.24, 2.45) is 0 Å². The fourth-order valence-corrected chi connectivity index (χ4v) is 3.18. The Balaban J connectivity index is 1.46. The van der Waals surface area contributed by atoms with Crippen LogP contribution in [0.2, 0.25) is 0 Å². The molecule has 0 saturated carbocycles. The molecule has 0 saturated heterocycles. The molecule has 3 aromatic rings. The molecule has 0 aromatic heterocycles. The van der Waals surface area contributed by atoms with Crippen LogP contribution < -0.4 is 19.5 Å². The molecule has 1 unspecified atom stereocenters. The van der Waals surface area contributed by atoms with Crippen LogP contribution in [0.15, 0.2) is 60.7 Å². The summed E-state index contributed by atoms with van der Waals surface area (Å²) in [6, 6.07) is 19.8. The number of carbonyl (C=O) groups is 1. The van der Waals surface area contributed by atoms with Gasteiger partial charge in [-0.25, -0.2) is 0 Å². The number of benzene rings is 3. The summed E-state index contributed by atoms with van der Waals surface area (Å²) in [7, 11) is 3.24. The van der Waals surface area contributed by atoms with E-state index in [-0.39, 0.29) is 5.91 Å². The Labute approximate surface area is 171 Å². The highest BCUT2D eigenvalue weighted by molar-refractivity contribution is 5.84. The molecule has 29 heavy (non-hydrogen) atoms. The summed E-state index contributed by atoms with van der Waals surface area (Å²) < 4.78 is 16.4. The van der Waals surface area contributed by atoms with Gasteiger partial charge in [0.1, 0.15) is 5.75 Å². The molecule has 0 bridgehead atoms. The molecule has 0 spiro atoms. The van der Waals surface area contributed by atoms with Gasteiger partial charge in [0, 0.05) is 6.54 Å². The van der Waals surface area contributed by atoms with E-state index in [4.69, 9.17) is 14.2 Å². The number of hydrogen-bond acceptors (Lipinski definition) is 4. The first-order chi connectivity index (χ1) is 14.1. The number of nitrogens with one attached hydrogen (secondary N) is 1. The molecule has 0 aliphatic carbocycles. The Morgan fingerprint density at radius 3 is 2.45 bits per heavy atom. The topological polar surface area (TPSA) is 56.8 Å². The van der Waals surface area contributed by atoms with Crippen LogP contribution in [0.25, 0.3) is 10.8 Å². The molecule has 3 rings (SSSR count). The number of rotatable bonds is 9. The Bertz CT molecular complexity index is 970. The molecule has 3 aromatic carbocycles. The highest BCUT2D eigenvalue weighted by Crippen LogP contribution is 2.28. The molecular weight excluding hydrogens is 366 g/mol. The van der Waals surface area contributed by atoms with Crippen molar-refractivity contribution in [2.75, 3.05) is 20.8 Å². The average molecular weight is 393 g/mol. The van der Waals surface area contributed by atoms with E-state index >= 15 is 0 Å². The Morgan fingerprint density at radius 1 is 0.931 bits per heavy atom. The van der Waals surface area contributed by atoms with Crippen LogP contribution in [0.5, 0.6) is 17.2 Å². The van der Waals surface area contributed by atoms with Crippen LogP contribution >= 0.6 is 0 Å². The van der Waals surface area contributed by atoms with Gasteiger partial charge in [-0.1, -0.05) is 36.4 Å². The third-order valence-electron chi connectivity index (χ3n) is 4.79. The van der Waals surface area contributed by atoms with E-state index in [9.17, 15) is 4.79 Å². The molecule has 1 N–H and O–H groups in total. The smallest absolute Gasteiger partial charge is 0.260 e. The van der Waals surface area contributed by atoms with Crippen LogP contribution in [0.1, 0.15) is 18.9 Å². The van der Waals surface area contributed by atoms with E-state index in [1.54, 1.807) is 21.1 Å². The molecule has 0 fully saturated rings. The largest absolute Gasteiger partial charge is 0.493 e. The van der Waals surface area contributed by atoms with Gasteiger partial charge in [0.05, 0.1) is 14.2 Å². The number of methoxy groups -OCH3 is 2. The summed E-state index contributed by atoms with van der Waals surface area (Å²) in [5.41, 5.74) is 1.14. The molecular formula is C24H27NO4. The van der Waals surface area contributed by atoms with E-state index in [2.05, 4.69) is 5.32 Å². The zero-order valence-corrected chi connectivity index (χ0v) is 17.1. The maximum Gasteiger partial charge on any atom is 0.260 e. The lowest BCUT2D eigenvalue weighted by Crippen LogP contribution is -2.36. The van der Waals surface area contributed by atoms with Crippen LogP contribution in [-0.4, -0.2) is 32.8 Å². The Kier molecular flexibility index (Phi) is 6.95. The van der Waals surface area contributed by atoms with Crippen LogP contribution in [0.3, 0.4) is 0 Å². The SMILES string of the molecule is COc1ccc(CCCNC(=O)C(C)Oc2ccc3ccccc3c2)cc1OC. The van der Waals surface area contributed by atoms with Crippen molar-refractivity contribution in [1.29, 1.82) is 0 Å². The first kappa shape index (κ1) is 20.5. The standard InChI is InChI=1S/C24H27NO4/c1-17(29-21-12-11-19-8-4-5-9-20(19)16-21)24(26)25-14-6-7-18-10-13-22(27-2)23(15-18)28-3/h4-5,8-13,15-17H,6-7,14H2,1-3H3,(H,25,26). The fraction of sp³-hybridized carbons (Fsp3) is 0.292. The summed E-state index contributed by atoms with van der Waals surface area (Å²) in [5, 5.41) is 5.18. The second-order valence-electron chi connectivity index (χ2n) is 6.85. The number of amides is 1. The van der Waals surface area contributed by atoms with Crippen LogP contribution in [0, 0.1) is 0 Å². The zero-order valence-electron chi connectivity index (χ0n) is 17.1. The first-order valence-electron chi connectivity index (χ1n) is 9.75. The van der Waals surface area contributed by atoms with Crippen molar-refractivity contribution < 1.29 is 19.0 Å². The summed E-state index contributed by atoms with van der Waals surface area (Å²) >= 11 is 0. The van der Waals surface area contributed by atoms with Crippen LogP contribution in [-0.2, 0) is 11.2 Å². The molecule has 0 aliphatic heterocycles. The van der Waals surface area contributed by atoms with Crippen molar-refractivity contribution >= 4 is 16.7 Å². The number of aryl methyl sites for hydroxylation is 1. The minimum atomic E-state index is -0.558. The lowest BCUT2D eigenvalue weighted by atomic mass is 10.1. The van der Waals surface area contributed by atoms with Gasteiger partial charge in [-0.3, -0.25) is 4.79 Å². The van der Waals surface area contributed by atoms with Crippen molar-refractivity contribution in [2.45, 2.75) is 25.9 Å². The third kappa shape index (κ3) is 5.41. The number of ether oxygens (including phenoxy) is 3. The number of hydrogen-bond donors (Lipinski definition) is 1. The molecule has 1 amide bonds. The van der Waals surface area contributed by atoms with E-state index < -0.39 is 6.10 Å². The minimum absolute atomic E-state index is 0.120. The van der Waals surface area contributed by atoms with Gasteiger partial charge >= 0.3 is 0 Å². The summed E-state index contributed by atoms with van der Waals surface area (Å²) in [6.45, 7) is 2.34. The predicted octanol–water partition coefficient (Wildman–Crippen LogP) is 4.37. The lowest BCUT2D eigenvalue weighted by Gasteiger charge is -2.15. The first-order valence-corrected chi connectivity index (χ1v) is 9.75. The Hall–Kier alpha value is -3.21. The minimum Gasteiger partial charge on any atom is -0.493 e. The highest BCUT2D eigenvalue weighted by atomic mass is 16.5. The molecule has 0 aliphatic rings. The highest BCUT2D eigenvalue weighted by Gasteiger charge is 2.14. The molecule has 5 heteroatoms. The quantitative estimate of drug-likeness (QED) is 0.549. The summed E-state index contributed by atoms with van der Waals surface area (Å²) in [4.78, 5) is 12.3. The number of fused-ring (bicyclic) bond motifs is 1. The maximum atomic E-state index is 12.3. The van der Waals surface area contributed by atoms with E-state index in [0.717, 1.165) is 29.2 Å². The summed E-state index contributed by atoms with van der Waals surface area (Å²) in [6.07, 6.45) is 1.10. The lowest BCUT2D eigenvalue weighted by molar-refractivity contribution is -0.127. The van der Waals surface area contributed by atoms with E-state index in [1.165, 1.54) is 0 Å². The molecule has 0 heterocycles. The monoisotopic (exact) mass is 393 g/mol. The van der Waals surface area contributed by atoms with Gasteiger partial charge in [0.25, 0.3) is 5.91 Å². The molecule has 1 atom stereocenters. The van der Waals surface area contributed by atoms with E-state index in [0.29, 0.717) is 23.8 Å². The van der Waals surface area contributed by atoms with Gasteiger partial charge in [-0.05, 0) is 60.4 Å². The van der Waals surface area contributed by atoms with Crippen molar-refractivity contribution in [3.05, 3.63) is 66.2 Å². The Morgan fingerprint density at radius 2 is 1.69 bits per heavy atom. The summed E-state index contributed by atoms with van der Waals surface area (Å²) in [5.74, 6) is 2.00. The molecule has 5 nitrogen and oxygen atoms in total.